The highest BCUT2D eigenvalue weighted by molar-refractivity contribution is 6.21. The number of alkyl halides is 1. The van der Waals surface area contributed by atoms with Gasteiger partial charge in [0.25, 0.3) is 0 Å². The maximum Gasteiger partial charge on any atom is 0.417 e. The molecule has 0 aliphatic carbocycles. The molecule has 1 unspecified atom stereocenters. The van der Waals surface area contributed by atoms with Gasteiger partial charge in [-0.15, -0.1) is 11.6 Å². The second kappa shape index (κ2) is 6.38. The Hall–Kier alpha value is -2.04. The zero-order chi connectivity index (χ0) is 15.5. The van der Waals surface area contributed by atoms with Gasteiger partial charge in [-0.2, -0.15) is 0 Å². The number of benzene rings is 2. The summed E-state index contributed by atoms with van der Waals surface area (Å²) in [5.41, 5.74) is 3.42. The number of nitrogens with zero attached hydrogens (tertiary/aromatic N) is 1. The fourth-order valence-corrected chi connectivity index (χ4v) is 2.87. The summed E-state index contributed by atoms with van der Waals surface area (Å²) in [6.07, 6.45) is 0. The molecule has 0 saturated carbocycles. The summed E-state index contributed by atoms with van der Waals surface area (Å²) >= 11 is 6.50. The van der Waals surface area contributed by atoms with Crippen LogP contribution < -0.4 is 5.76 Å². The molecular weight excluding hydrogens is 300 g/mol. The summed E-state index contributed by atoms with van der Waals surface area (Å²) in [6.45, 7) is 1.54. The van der Waals surface area contributed by atoms with Gasteiger partial charge in [0.1, 0.15) is 0 Å². The fourth-order valence-electron chi connectivity index (χ4n) is 2.50. The second-order valence-corrected chi connectivity index (χ2v) is 5.95. The van der Waals surface area contributed by atoms with Gasteiger partial charge in [0.2, 0.25) is 0 Å². The molecule has 3 rings (SSSR count). The molecule has 5 heteroatoms. The van der Waals surface area contributed by atoms with E-state index in [1.54, 1.807) is 0 Å². The molecule has 1 aromatic heterocycles. The number of halogens is 1. The van der Waals surface area contributed by atoms with Crippen molar-refractivity contribution in [3.05, 3.63) is 70.2 Å². The summed E-state index contributed by atoms with van der Waals surface area (Å²) in [7, 11) is 2.04. The van der Waals surface area contributed by atoms with Crippen molar-refractivity contribution >= 4 is 22.7 Å². The minimum atomic E-state index is -0.445. The summed E-state index contributed by atoms with van der Waals surface area (Å²) in [5.74, 6) is -0.445. The quantitative estimate of drug-likeness (QED) is 0.733. The normalized spacial score (nSPS) is 12.9. The van der Waals surface area contributed by atoms with Crippen molar-refractivity contribution in [3.8, 4) is 0 Å². The number of H-pyrrole nitrogens is 1. The Labute approximate surface area is 133 Å². The molecule has 0 radical (unpaired) electrons. The van der Waals surface area contributed by atoms with Crippen LogP contribution in [0, 0.1) is 0 Å². The second-order valence-electron chi connectivity index (χ2n) is 5.42. The number of hydrogen-bond donors (Lipinski definition) is 1. The molecule has 0 amide bonds. The van der Waals surface area contributed by atoms with Crippen molar-refractivity contribution < 1.29 is 4.42 Å². The van der Waals surface area contributed by atoms with Crippen LogP contribution in [-0.4, -0.2) is 23.5 Å². The van der Waals surface area contributed by atoms with E-state index in [2.05, 4.69) is 22.0 Å². The van der Waals surface area contributed by atoms with Crippen molar-refractivity contribution in [1.82, 2.24) is 9.88 Å². The van der Waals surface area contributed by atoms with E-state index in [-0.39, 0.29) is 5.38 Å². The van der Waals surface area contributed by atoms with Crippen LogP contribution in [0.2, 0.25) is 0 Å². The molecule has 0 bridgehead atoms. The van der Waals surface area contributed by atoms with Crippen molar-refractivity contribution in [2.45, 2.75) is 11.9 Å². The van der Waals surface area contributed by atoms with E-state index in [1.807, 2.05) is 43.4 Å². The van der Waals surface area contributed by atoms with Gasteiger partial charge in [0.05, 0.1) is 10.9 Å². The van der Waals surface area contributed by atoms with Crippen molar-refractivity contribution in [3.63, 3.8) is 0 Å². The van der Waals surface area contributed by atoms with Gasteiger partial charge < -0.3 is 9.32 Å². The number of aromatic amines is 1. The van der Waals surface area contributed by atoms with E-state index in [1.165, 1.54) is 5.56 Å². The van der Waals surface area contributed by atoms with Gasteiger partial charge in [-0.25, -0.2) is 4.79 Å². The third kappa shape index (κ3) is 3.40. The summed E-state index contributed by atoms with van der Waals surface area (Å²) in [6, 6.07) is 15.8. The van der Waals surface area contributed by atoms with E-state index in [4.69, 9.17) is 16.0 Å². The highest BCUT2D eigenvalue weighted by Gasteiger charge is 2.13. The van der Waals surface area contributed by atoms with Crippen LogP contribution >= 0.6 is 11.6 Å². The van der Waals surface area contributed by atoms with E-state index in [0.717, 1.165) is 12.1 Å². The first-order valence-electron chi connectivity index (χ1n) is 7.11. The first kappa shape index (κ1) is 14.9. The molecule has 1 heterocycles. The summed E-state index contributed by atoms with van der Waals surface area (Å²) in [4.78, 5) is 16.0. The smallest absolute Gasteiger partial charge is 0.408 e. The molecule has 22 heavy (non-hydrogen) atoms. The first-order chi connectivity index (χ1) is 10.6. The van der Waals surface area contributed by atoms with E-state index in [0.29, 0.717) is 17.6 Å². The molecule has 4 nitrogen and oxygen atoms in total. The Kier molecular flexibility index (Phi) is 4.32. The first-order valence-corrected chi connectivity index (χ1v) is 7.55. The molecule has 3 aromatic rings. The Balaban J connectivity index is 1.69. The van der Waals surface area contributed by atoms with E-state index in [9.17, 15) is 4.79 Å². The monoisotopic (exact) mass is 316 g/mol. The maximum absolute atomic E-state index is 11.2. The summed E-state index contributed by atoms with van der Waals surface area (Å²) < 4.78 is 5.08. The zero-order valence-electron chi connectivity index (χ0n) is 12.3. The standard InChI is InChI=1S/C17H17ClN2O2/c1-20(10-12-5-3-2-4-6-12)11-14(18)13-7-8-15-16(9-13)22-17(21)19-15/h2-9,14H,10-11H2,1H3,(H,19,21). The van der Waals surface area contributed by atoms with Crippen LogP contribution in [0.3, 0.4) is 0 Å². The number of likely N-dealkylation sites (N-methyl/N-ethyl adjacent to an activating group) is 1. The minimum absolute atomic E-state index is 0.168. The Morgan fingerprint density at radius 2 is 2.00 bits per heavy atom. The Morgan fingerprint density at radius 3 is 2.77 bits per heavy atom. The average molecular weight is 317 g/mol. The lowest BCUT2D eigenvalue weighted by molar-refractivity contribution is 0.327. The SMILES string of the molecule is CN(Cc1ccccc1)CC(Cl)c1ccc2[nH]c(=O)oc2c1. The van der Waals surface area contributed by atoms with Gasteiger partial charge in [-0.1, -0.05) is 36.4 Å². The van der Waals surface area contributed by atoms with Crippen LogP contribution in [0.4, 0.5) is 0 Å². The lowest BCUT2D eigenvalue weighted by Crippen LogP contribution is -2.22. The highest BCUT2D eigenvalue weighted by atomic mass is 35.5. The van der Waals surface area contributed by atoms with Crippen LogP contribution in [0.1, 0.15) is 16.5 Å². The highest BCUT2D eigenvalue weighted by Crippen LogP contribution is 2.24. The third-order valence-corrected chi connectivity index (χ3v) is 3.96. The Morgan fingerprint density at radius 1 is 1.23 bits per heavy atom. The number of fused-ring (bicyclic) bond motifs is 1. The van der Waals surface area contributed by atoms with Gasteiger partial charge in [-0.05, 0) is 30.3 Å². The predicted molar refractivity (Wildman–Crippen MR) is 88.2 cm³/mol. The number of aromatic nitrogens is 1. The molecule has 0 aliphatic heterocycles. The number of hydrogen-bond acceptors (Lipinski definition) is 3. The fraction of sp³-hybridized carbons (Fsp3) is 0.235. The lowest BCUT2D eigenvalue weighted by atomic mass is 10.1. The molecule has 0 spiro atoms. The molecule has 0 fully saturated rings. The van der Waals surface area contributed by atoms with Crippen LogP contribution in [0.25, 0.3) is 11.1 Å². The molecule has 114 valence electrons. The molecule has 2 aromatic carbocycles. The average Bonchev–Trinajstić information content (AvgIpc) is 2.87. The predicted octanol–water partition coefficient (Wildman–Crippen LogP) is 3.53. The molecule has 0 saturated heterocycles. The van der Waals surface area contributed by atoms with Gasteiger partial charge >= 0.3 is 5.76 Å². The van der Waals surface area contributed by atoms with Crippen LogP contribution in [0.15, 0.2) is 57.7 Å². The van der Waals surface area contributed by atoms with Crippen molar-refractivity contribution in [2.75, 3.05) is 13.6 Å². The molecule has 1 N–H and O–H groups in total. The number of nitrogens with one attached hydrogen (secondary N) is 1. The molecule has 0 aliphatic rings. The van der Waals surface area contributed by atoms with Crippen LogP contribution in [-0.2, 0) is 6.54 Å². The van der Waals surface area contributed by atoms with Crippen molar-refractivity contribution in [1.29, 1.82) is 0 Å². The van der Waals surface area contributed by atoms with E-state index >= 15 is 0 Å². The topological polar surface area (TPSA) is 49.2 Å². The lowest BCUT2D eigenvalue weighted by Gasteiger charge is -2.20. The Bertz CT molecular complexity index is 810. The molecular formula is C17H17ClN2O2. The van der Waals surface area contributed by atoms with Gasteiger partial charge in [-0.3, -0.25) is 4.98 Å². The van der Waals surface area contributed by atoms with Gasteiger partial charge in [0, 0.05) is 13.1 Å². The largest absolute Gasteiger partial charge is 0.417 e. The third-order valence-electron chi connectivity index (χ3n) is 3.57. The van der Waals surface area contributed by atoms with Crippen LogP contribution in [0.5, 0.6) is 0 Å². The van der Waals surface area contributed by atoms with E-state index < -0.39 is 5.76 Å². The minimum Gasteiger partial charge on any atom is -0.408 e. The zero-order valence-corrected chi connectivity index (χ0v) is 13.0. The van der Waals surface area contributed by atoms with Crippen molar-refractivity contribution in [2.24, 2.45) is 0 Å². The summed E-state index contributed by atoms with van der Waals surface area (Å²) in [5, 5.41) is -0.168. The maximum atomic E-state index is 11.2. The number of rotatable bonds is 5. The number of oxazole rings is 1. The molecule has 1 atom stereocenters. The van der Waals surface area contributed by atoms with Gasteiger partial charge in [0.15, 0.2) is 5.58 Å².